The first-order valence-electron chi connectivity index (χ1n) is 6.83. The van der Waals surface area contributed by atoms with E-state index >= 15 is 0 Å². The van der Waals surface area contributed by atoms with Gasteiger partial charge in [0.2, 0.25) is 10.0 Å². The van der Waals surface area contributed by atoms with E-state index in [2.05, 4.69) is 5.32 Å². The molecule has 6 heteroatoms. The topological polar surface area (TPSA) is 58.6 Å². The molecule has 106 valence electrons. The van der Waals surface area contributed by atoms with Crippen molar-refractivity contribution in [1.82, 2.24) is 9.62 Å². The highest BCUT2D eigenvalue weighted by Gasteiger charge is 2.25. The summed E-state index contributed by atoms with van der Waals surface area (Å²) in [7, 11) is -1.43. The van der Waals surface area contributed by atoms with E-state index in [4.69, 9.17) is 4.74 Å². The Labute approximate surface area is 110 Å². The molecule has 5 nitrogen and oxygen atoms in total. The van der Waals surface area contributed by atoms with Crippen molar-refractivity contribution in [2.75, 3.05) is 39.1 Å². The molecule has 0 aromatic rings. The van der Waals surface area contributed by atoms with Crippen molar-refractivity contribution in [2.24, 2.45) is 5.92 Å². The zero-order valence-electron chi connectivity index (χ0n) is 11.1. The van der Waals surface area contributed by atoms with Gasteiger partial charge in [-0.15, -0.1) is 0 Å². The van der Waals surface area contributed by atoms with Crippen LogP contribution in [0.1, 0.15) is 25.7 Å². The van der Waals surface area contributed by atoms with E-state index in [1.54, 1.807) is 7.05 Å². The third-order valence-electron chi connectivity index (χ3n) is 3.62. The molecule has 0 aromatic heterocycles. The number of hydrogen-bond donors (Lipinski definition) is 1. The van der Waals surface area contributed by atoms with Crippen molar-refractivity contribution in [3.63, 3.8) is 0 Å². The maximum Gasteiger partial charge on any atom is 0.215 e. The lowest BCUT2D eigenvalue weighted by Crippen LogP contribution is -2.38. The largest absolute Gasteiger partial charge is 0.381 e. The van der Waals surface area contributed by atoms with Crippen LogP contribution >= 0.6 is 0 Å². The first-order chi connectivity index (χ1) is 8.58. The third-order valence-corrected chi connectivity index (χ3v) is 5.43. The van der Waals surface area contributed by atoms with Gasteiger partial charge in [-0.3, -0.25) is 0 Å². The molecule has 2 fully saturated rings. The van der Waals surface area contributed by atoms with Gasteiger partial charge in [-0.2, -0.15) is 0 Å². The van der Waals surface area contributed by atoms with E-state index < -0.39 is 10.0 Å². The highest BCUT2D eigenvalue weighted by Crippen LogP contribution is 2.18. The van der Waals surface area contributed by atoms with Crippen molar-refractivity contribution < 1.29 is 13.2 Å². The van der Waals surface area contributed by atoms with Crippen molar-refractivity contribution in [3.8, 4) is 0 Å². The Morgan fingerprint density at radius 1 is 1.33 bits per heavy atom. The Hall–Kier alpha value is -0.170. The molecule has 1 atom stereocenters. The Balaban J connectivity index is 1.72. The second-order valence-corrected chi connectivity index (χ2v) is 7.60. The molecule has 1 aliphatic carbocycles. The van der Waals surface area contributed by atoms with Gasteiger partial charge >= 0.3 is 0 Å². The number of nitrogens with one attached hydrogen (secondary N) is 1. The highest BCUT2D eigenvalue weighted by atomic mass is 32.2. The maximum atomic E-state index is 12.1. The first kappa shape index (κ1) is 14.2. The molecule has 0 aromatic carbocycles. The molecule has 1 heterocycles. The molecule has 1 aliphatic heterocycles. The van der Waals surface area contributed by atoms with Gasteiger partial charge in [0.1, 0.15) is 0 Å². The zero-order valence-corrected chi connectivity index (χ0v) is 11.9. The fourth-order valence-corrected chi connectivity index (χ4v) is 3.39. The Kier molecular flexibility index (Phi) is 5.00. The standard InChI is InChI=1S/C12H24N2O3S/c1-14(9-11-3-2-7-17-10-11)18(15,16)8-6-13-12-4-5-12/h11-13H,2-10H2,1H3. The Morgan fingerprint density at radius 3 is 2.72 bits per heavy atom. The smallest absolute Gasteiger partial charge is 0.215 e. The van der Waals surface area contributed by atoms with E-state index in [-0.39, 0.29) is 5.75 Å². The summed E-state index contributed by atoms with van der Waals surface area (Å²) < 4.78 is 31.0. The maximum absolute atomic E-state index is 12.1. The molecule has 1 unspecified atom stereocenters. The van der Waals surface area contributed by atoms with Crippen LogP contribution in [-0.4, -0.2) is 57.9 Å². The fourth-order valence-electron chi connectivity index (χ4n) is 2.26. The van der Waals surface area contributed by atoms with Crippen LogP contribution in [0.25, 0.3) is 0 Å². The van der Waals surface area contributed by atoms with E-state index in [0.29, 0.717) is 31.7 Å². The van der Waals surface area contributed by atoms with Crippen molar-refractivity contribution in [2.45, 2.75) is 31.7 Å². The van der Waals surface area contributed by atoms with Crippen LogP contribution in [-0.2, 0) is 14.8 Å². The average molecular weight is 276 g/mol. The summed E-state index contributed by atoms with van der Waals surface area (Å²) in [5.41, 5.74) is 0. The summed E-state index contributed by atoms with van der Waals surface area (Å²) in [6.07, 6.45) is 4.49. The zero-order chi connectivity index (χ0) is 13.0. The van der Waals surface area contributed by atoms with Crippen LogP contribution < -0.4 is 5.32 Å². The predicted octanol–water partition coefficient (Wildman–Crippen LogP) is 0.427. The van der Waals surface area contributed by atoms with Gasteiger partial charge in [0.15, 0.2) is 0 Å². The highest BCUT2D eigenvalue weighted by molar-refractivity contribution is 7.89. The first-order valence-corrected chi connectivity index (χ1v) is 8.44. The van der Waals surface area contributed by atoms with E-state index in [1.165, 1.54) is 17.1 Å². The molecular formula is C12H24N2O3S. The molecule has 0 spiro atoms. The molecule has 2 aliphatic rings. The second kappa shape index (κ2) is 6.32. The van der Waals surface area contributed by atoms with Crippen LogP contribution in [0, 0.1) is 5.92 Å². The molecule has 0 bridgehead atoms. The molecule has 0 amide bonds. The van der Waals surface area contributed by atoms with Crippen molar-refractivity contribution in [1.29, 1.82) is 0 Å². The summed E-state index contributed by atoms with van der Waals surface area (Å²) in [6, 6.07) is 0.567. The number of hydrogen-bond acceptors (Lipinski definition) is 4. The average Bonchev–Trinajstić information content (AvgIpc) is 3.14. The predicted molar refractivity (Wildman–Crippen MR) is 71.0 cm³/mol. The Bertz CT molecular complexity index is 348. The summed E-state index contributed by atoms with van der Waals surface area (Å²) >= 11 is 0. The van der Waals surface area contributed by atoms with Gasteiger partial charge in [-0.1, -0.05) is 0 Å². The summed E-state index contributed by atoms with van der Waals surface area (Å²) in [5.74, 6) is 0.558. The van der Waals surface area contributed by atoms with Crippen molar-refractivity contribution in [3.05, 3.63) is 0 Å². The fraction of sp³-hybridized carbons (Fsp3) is 1.00. The van der Waals surface area contributed by atoms with Gasteiger partial charge in [-0.25, -0.2) is 12.7 Å². The second-order valence-electron chi connectivity index (χ2n) is 5.41. The Morgan fingerprint density at radius 2 is 2.11 bits per heavy atom. The molecule has 0 radical (unpaired) electrons. The van der Waals surface area contributed by atoms with E-state index in [9.17, 15) is 8.42 Å². The lowest BCUT2D eigenvalue weighted by Gasteiger charge is -2.26. The number of nitrogens with zero attached hydrogens (tertiary/aromatic N) is 1. The van der Waals surface area contributed by atoms with Crippen LogP contribution in [0.5, 0.6) is 0 Å². The minimum atomic E-state index is -3.11. The van der Waals surface area contributed by atoms with Crippen LogP contribution in [0.15, 0.2) is 0 Å². The molecular weight excluding hydrogens is 252 g/mol. The minimum Gasteiger partial charge on any atom is -0.381 e. The quantitative estimate of drug-likeness (QED) is 0.732. The monoisotopic (exact) mass is 276 g/mol. The lowest BCUT2D eigenvalue weighted by molar-refractivity contribution is 0.0495. The molecule has 18 heavy (non-hydrogen) atoms. The van der Waals surface area contributed by atoms with Gasteiger partial charge in [0.05, 0.1) is 12.4 Å². The third kappa shape index (κ3) is 4.50. The summed E-state index contributed by atoms with van der Waals surface area (Å²) in [6.45, 7) is 2.67. The molecule has 1 N–H and O–H groups in total. The SMILES string of the molecule is CN(CC1CCCOC1)S(=O)(=O)CCNC1CC1. The number of rotatable bonds is 7. The van der Waals surface area contributed by atoms with Crippen LogP contribution in [0.2, 0.25) is 0 Å². The lowest BCUT2D eigenvalue weighted by atomic mass is 10.0. The minimum absolute atomic E-state index is 0.202. The van der Waals surface area contributed by atoms with Crippen LogP contribution in [0.4, 0.5) is 0 Å². The van der Waals surface area contributed by atoms with Crippen LogP contribution in [0.3, 0.4) is 0 Å². The summed E-state index contributed by atoms with van der Waals surface area (Å²) in [4.78, 5) is 0. The van der Waals surface area contributed by atoms with E-state index in [1.807, 2.05) is 0 Å². The molecule has 1 saturated heterocycles. The van der Waals surface area contributed by atoms with Gasteiger partial charge in [-0.05, 0) is 31.6 Å². The summed E-state index contributed by atoms with van der Waals surface area (Å²) in [5, 5.41) is 3.24. The molecule has 2 rings (SSSR count). The van der Waals surface area contributed by atoms with E-state index in [0.717, 1.165) is 19.4 Å². The normalized spacial score (nSPS) is 25.6. The van der Waals surface area contributed by atoms with Crippen molar-refractivity contribution >= 4 is 10.0 Å². The number of sulfonamides is 1. The molecule has 1 saturated carbocycles. The van der Waals surface area contributed by atoms with Gasteiger partial charge < -0.3 is 10.1 Å². The number of ether oxygens (including phenoxy) is 1. The van der Waals surface area contributed by atoms with Gasteiger partial charge in [0.25, 0.3) is 0 Å². The van der Waals surface area contributed by atoms with Gasteiger partial charge in [0, 0.05) is 32.8 Å².